The number of nitrogens with zero attached hydrogens (tertiary/aromatic N) is 4. The van der Waals surface area contributed by atoms with E-state index in [0.29, 0.717) is 22.3 Å². The smallest absolute Gasteiger partial charge is 0.419 e. The van der Waals surface area contributed by atoms with Crippen molar-refractivity contribution in [2.24, 2.45) is 0 Å². The largest absolute Gasteiger partial charge is 0.443 e. The minimum absolute atomic E-state index is 0.111. The third-order valence-electron chi connectivity index (χ3n) is 6.40. The van der Waals surface area contributed by atoms with E-state index >= 15 is 0 Å². The number of benzene rings is 2. The Labute approximate surface area is 219 Å². The summed E-state index contributed by atoms with van der Waals surface area (Å²) in [6.45, 7) is 6.29. The van der Waals surface area contributed by atoms with Gasteiger partial charge in [-0.1, -0.05) is 48.0 Å². The van der Waals surface area contributed by atoms with Gasteiger partial charge in [0.15, 0.2) is 11.5 Å². The molecule has 0 fully saturated rings. The van der Waals surface area contributed by atoms with Crippen LogP contribution in [0.2, 0.25) is 5.15 Å². The average Bonchev–Trinajstić information content (AvgIpc) is 3.51. The van der Waals surface area contributed by atoms with Crippen molar-refractivity contribution in [1.82, 2.24) is 18.9 Å². The van der Waals surface area contributed by atoms with E-state index in [2.05, 4.69) is 33.8 Å². The van der Waals surface area contributed by atoms with Crippen LogP contribution in [0, 0.1) is 0 Å². The highest BCUT2D eigenvalue weighted by Gasteiger charge is 2.25. The maximum Gasteiger partial charge on any atom is 0.419 e. The van der Waals surface area contributed by atoms with Gasteiger partial charge in [-0.3, -0.25) is 8.97 Å². The first-order valence-corrected chi connectivity index (χ1v) is 12.6. The molecule has 0 saturated carbocycles. The highest BCUT2D eigenvalue weighted by atomic mass is 35.5. The van der Waals surface area contributed by atoms with Gasteiger partial charge in [0.1, 0.15) is 16.4 Å². The number of rotatable bonds is 3. The molecule has 5 aromatic rings. The summed E-state index contributed by atoms with van der Waals surface area (Å²) in [7, 11) is 0. The predicted molar refractivity (Wildman–Crippen MR) is 147 cm³/mol. The molecule has 0 bridgehead atoms. The number of hydrogen-bond donors (Lipinski definition) is 2. The van der Waals surface area contributed by atoms with Gasteiger partial charge < -0.3 is 15.4 Å². The van der Waals surface area contributed by atoms with Crippen LogP contribution in [0.25, 0.3) is 27.8 Å². The van der Waals surface area contributed by atoms with Crippen LogP contribution >= 0.6 is 11.6 Å². The summed E-state index contributed by atoms with van der Waals surface area (Å²) < 4.78 is 8.99. The molecule has 188 valence electrons. The van der Waals surface area contributed by atoms with Crippen LogP contribution in [0.3, 0.4) is 0 Å². The standard InChI is InChI=1S/C28H27ClN6O2/c1-28(2,3)37-27(36)35-16-20(19-9-5-7-11-22(19)35)23-24(29)34-13-12-30-26(34)25(33-23)32-18-14-17-8-4-6-10-21(17)31-15-18/h4-13,16,18,31H,14-15H2,1-3H3,(H,32,33)/t18-/m0/s1. The van der Waals surface area contributed by atoms with E-state index in [4.69, 9.17) is 21.3 Å². The van der Waals surface area contributed by atoms with Crippen molar-refractivity contribution in [3.8, 4) is 11.3 Å². The number of para-hydroxylation sites is 2. The molecule has 0 spiro atoms. The van der Waals surface area contributed by atoms with Crippen LogP contribution < -0.4 is 10.6 Å². The Morgan fingerprint density at radius 3 is 2.78 bits per heavy atom. The zero-order valence-corrected chi connectivity index (χ0v) is 21.6. The second-order valence-corrected chi connectivity index (χ2v) is 10.6. The van der Waals surface area contributed by atoms with Crippen LogP contribution in [-0.4, -0.2) is 43.2 Å². The molecule has 0 unspecified atom stereocenters. The third kappa shape index (κ3) is 4.27. The van der Waals surface area contributed by atoms with Gasteiger partial charge >= 0.3 is 6.09 Å². The monoisotopic (exact) mass is 514 g/mol. The summed E-state index contributed by atoms with van der Waals surface area (Å²) in [6.07, 6.45) is 5.66. The first kappa shape index (κ1) is 23.4. The molecular formula is C28H27ClN6O2. The van der Waals surface area contributed by atoms with Crippen molar-refractivity contribution in [1.29, 1.82) is 0 Å². The lowest BCUT2D eigenvalue weighted by Gasteiger charge is -2.27. The minimum Gasteiger partial charge on any atom is -0.443 e. The van der Waals surface area contributed by atoms with Crippen molar-refractivity contribution in [2.45, 2.75) is 38.8 Å². The Bertz CT molecular complexity index is 1650. The molecule has 9 heteroatoms. The maximum atomic E-state index is 13.1. The quantitative estimate of drug-likeness (QED) is 0.296. The zero-order chi connectivity index (χ0) is 25.7. The normalized spacial score (nSPS) is 15.4. The first-order chi connectivity index (χ1) is 17.8. The van der Waals surface area contributed by atoms with E-state index in [1.165, 1.54) is 10.1 Å². The van der Waals surface area contributed by atoms with E-state index in [1.54, 1.807) is 12.4 Å². The number of ether oxygens (including phenoxy) is 1. The number of anilines is 2. The van der Waals surface area contributed by atoms with E-state index in [0.717, 1.165) is 35.1 Å². The molecule has 6 rings (SSSR count). The minimum atomic E-state index is -0.627. The number of imidazole rings is 1. The molecule has 2 N–H and O–H groups in total. The van der Waals surface area contributed by atoms with E-state index < -0.39 is 11.7 Å². The number of carbonyl (C=O) groups excluding carboxylic acids is 1. The van der Waals surface area contributed by atoms with Gasteiger partial charge in [-0.2, -0.15) is 0 Å². The summed E-state index contributed by atoms with van der Waals surface area (Å²) in [5.74, 6) is 0.629. The van der Waals surface area contributed by atoms with Crippen LogP contribution in [0.4, 0.5) is 16.3 Å². The number of aromatic nitrogens is 4. The molecule has 1 atom stereocenters. The summed E-state index contributed by atoms with van der Waals surface area (Å²) in [4.78, 5) is 22.5. The molecule has 0 saturated heterocycles. The lowest BCUT2D eigenvalue weighted by molar-refractivity contribution is 0.0544. The Kier molecular flexibility index (Phi) is 5.56. The van der Waals surface area contributed by atoms with Gasteiger partial charge in [-0.25, -0.2) is 14.8 Å². The lowest BCUT2D eigenvalue weighted by atomic mass is 10.00. The van der Waals surface area contributed by atoms with Gasteiger partial charge in [-0.15, -0.1) is 0 Å². The Morgan fingerprint density at radius 1 is 1.16 bits per heavy atom. The Balaban J connectivity index is 1.44. The molecule has 8 nitrogen and oxygen atoms in total. The molecule has 4 heterocycles. The Hall–Kier alpha value is -4.04. The van der Waals surface area contributed by atoms with Gasteiger partial charge in [0, 0.05) is 47.8 Å². The second kappa shape index (κ2) is 8.81. The fourth-order valence-corrected chi connectivity index (χ4v) is 5.08. The lowest BCUT2D eigenvalue weighted by Crippen LogP contribution is -2.35. The van der Waals surface area contributed by atoms with Crippen LogP contribution in [0.15, 0.2) is 67.1 Å². The second-order valence-electron chi connectivity index (χ2n) is 10.2. The molecular weight excluding hydrogens is 488 g/mol. The van der Waals surface area contributed by atoms with Crippen molar-refractivity contribution in [3.63, 3.8) is 0 Å². The van der Waals surface area contributed by atoms with E-state index in [-0.39, 0.29) is 6.04 Å². The van der Waals surface area contributed by atoms with Gasteiger partial charge in [0.05, 0.1) is 5.52 Å². The van der Waals surface area contributed by atoms with Gasteiger partial charge in [-0.05, 0) is 44.9 Å². The number of hydrogen-bond acceptors (Lipinski definition) is 6. The van der Waals surface area contributed by atoms with Crippen molar-refractivity contribution < 1.29 is 9.53 Å². The molecule has 0 aliphatic carbocycles. The van der Waals surface area contributed by atoms with Gasteiger partial charge in [0.2, 0.25) is 0 Å². The van der Waals surface area contributed by atoms with Crippen LogP contribution in [-0.2, 0) is 11.2 Å². The fourth-order valence-electron chi connectivity index (χ4n) is 4.79. The topological polar surface area (TPSA) is 85.5 Å². The molecule has 1 aliphatic heterocycles. The molecule has 1 aliphatic rings. The predicted octanol–water partition coefficient (Wildman–Crippen LogP) is 6.24. The molecule has 37 heavy (non-hydrogen) atoms. The van der Waals surface area contributed by atoms with Crippen molar-refractivity contribution in [3.05, 3.63) is 77.8 Å². The number of halogens is 1. The SMILES string of the molecule is CC(C)(C)OC(=O)n1cc(-c2nc(N[C@@H]3CNc4ccccc4C3)c3nccn3c2Cl)c2ccccc21. The molecule has 0 radical (unpaired) electrons. The van der Waals surface area contributed by atoms with Crippen molar-refractivity contribution in [2.75, 3.05) is 17.2 Å². The summed E-state index contributed by atoms with van der Waals surface area (Å²) in [5.41, 5.74) is 4.43. The fraction of sp³-hybridized carbons (Fsp3) is 0.250. The third-order valence-corrected chi connectivity index (χ3v) is 6.76. The summed E-state index contributed by atoms with van der Waals surface area (Å²) in [5, 5.41) is 8.34. The average molecular weight is 515 g/mol. The summed E-state index contributed by atoms with van der Waals surface area (Å²) in [6, 6.07) is 16.1. The molecule has 2 aromatic carbocycles. The van der Waals surface area contributed by atoms with E-state index in [1.807, 2.05) is 61.7 Å². The van der Waals surface area contributed by atoms with Crippen LogP contribution in [0.1, 0.15) is 26.3 Å². The van der Waals surface area contributed by atoms with Crippen LogP contribution in [0.5, 0.6) is 0 Å². The Morgan fingerprint density at radius 2 is 1.95 bits per heavy atom. The molecule has 0 amide bonds. The number of carbonyl (C=O) groups is 1. The summed E-state index contributed by atoms with van der Waals surface area (Å²) >= 11 is 6.89. The number of nitrogens with one attached hydrogen (secondary N) is 2. The van der Waals surface area contributed by atoms with Gasteiger partial charge in [0.25, 0.3) is 0 Å². The first-order valence-electron chi connectivity index (χ1n) is 12.2. The van der Waals surface area contributed by atoms with E-state index in [9.17, 15) is 4.79 Å². The van der Waals surface area contributed by atoms with Crippen molar-refractivity contribution >= 4 is 45.7 Å². The highest BCUT2D eigenvalue weighted by molar-refractivity contribution is 6.32. The zero-order valence-electron chi connectivity index (χ0n) is 20.8. The highest BCUT2D eigenvalue weighted by Crippen LogP contribution is 2.36. The molecule has 3 aromatic heterocycles. The number of fused-ring (bicyclic) bond motifs is 3. The maximum absolute atomic E-state index is 13.1.